The number of hydrogen-bond acceptors (Lipinski definition) is 4. The van der Waals surface area contributed by atoms with Gasteiger partial charge in [0.05, 0.1) is 23.1 Å². The first-order chi connectivity index (χ1) is 10.4. The quantitative estimate of drug-likeness (QED) is 0.821. The highest BCUT2D eigenvalue weighted by Crippen LogP contribution is 2.22. The summed E-state index contributed by atoms with van der Waals surface area (Å²) in [6, 6.07) is 6.54. The molecule has 0 saturated carbocycles. The molecule has 0 aromatic heterocycles. The van der Waals surface area contributed by atoms with Crippen LogP contribution in [0.1, 0.15) is 6.42 Å². The van der Waals surface area contributed by atoms with Crippen molar-refractivity contribution >= 4 is 27.5 Å². The van der Waals surface area contributed by atoms with Crippen LogP contribution in [0, 0.1) is 0 Å². The predicted molar refractivity (Wildman–Crippen MR) is 85.2 cm³/mol. The SMILES string of the molecule is CN(C(=O)NCCOc1ccccc1Cl)C1CCS(=O)(=O)C1. The summed E-state index contributed by atoms with van der Waals surface area (Å²) in [5, 5.41) is 3.22. The summed E-state index contributed by atoms with van der Waals surface area (Å²) < 4.78 is 28.3. The Morgan fingerprint density at radius 2 is 2.18 bits per heavy atom. The van der Waals surface area contributed by atoms with Crippen LogP contribution >= 0.6 is 11.6 Å². The lowest BCUT2D eigenvalue weighted by Gasteiger charge is -2.23. The minimum absolute atomic E-state index is 0.0348. The molecule has 1 N–H and O–H groups in total. The van der Waals surface area contributed by atoms with Gasteiger partial charge in [-0.2, -0.15) is 0 Å². The molecule has 1 unspecified atom stereocenters. The Bertz CT molecular complexity index is 635. The van der Waals surface area contributed by atoms with E-state index < -0.39 is 9.84 Å². The van der Waals surface area contributed by atoms with E-state index in [1.54, 1.807) is 19.2 Å². The molecule has 1 aromatic rings. The number of hydrogen-bond donors (Lipinski definition) is 1. The van der Waals surface area contributed by atoms with Crippen LogP contribution in [0.4, 0.5) is 4.79 Å². The van der Waals surface area contributed by atoms with Crippen molar-refractivity contribution in [3.63, 3.8) is 0 Å². The molecule has 2 amide bonds. The van der Waals surface area contributed by atoms with E-state index in [1.807, 2.05) is 12.1 Å². The van der Waals surface area contributed by atoms with E-state index in [1.165, 1.54) is 4.90 Å². The van der Waals surface area contributed by atoms with E-state index in [9.17, 15) is 13.2 Å². The number of halogens is 1. The molecule has 122 valence electrons. The molecule has 0 radical (unpaired) electrons. The number of nitrogens with zero attached hydrogens (tertiary/aromatic N) is 1. The minimum Gasteiger partial charge on any atom is -0.490 e. The number of amides is 2. The van der Waals surface area contributed by atoms with Crippen LogP contribution in [0.15, 0.2) is 24.3 Å². The van der Waals surface area contributed by atoms with Crippen LogP contribution in [0.25, 0.3) is 0 Å². The van der Waals surface area contributed by atoms with Crippen LogP contribution in [0.5, 0.6) is 5.75 Å². The molecule has 0 bridgehead atoms. The maximum Gasteiger partial charge on any atom is 0.317 e. The average molecular weight is 347 g/mol. The van der Waals surface area contributed by atoms with Crippen molar-refractivity contribution in [1.29, 1.82) is 0 Å². The zero-order valence-corrected chi connectivity index (χ0v) is 13.9. The van der Waals surface area contributed by atoms with E-state index in [-0.39, 0.29) is 30.2 Å². The number of carbonyl (C=O) groups excluding carboxylic acids is 1. The summed E-state index contributed by atoms with van der Waals surface area (Å²) in [5.41, 5.74) is 0. The topological polar surface area (TPSA) is 75.7 Å². The number of carbonyl (C=O) groups is 1. The maximum atomic E-state index is 12.0. The van der Waals surface area contributed by atoms with E-state index >= 15 is 0 Å². The van der Waals surface area contributed by atoms with Crippen LogP contribution < -0.4 is 10.1 Å². The number of para-hydroxylation sites is 1. The van der Waals surface area contributed by atoms with Crippen molar-refractivity contribution in [3.8, 4) is 5.75 Å². The molecule has 1 heterocycles. The highest BCUT2D eigenvalue weighted by molar-refractivity contribution is 7.91. The Kier molecular flexibility index (Phi) is 5.52. The summed E-state index contributed by atoms with van der Waals surface area (Å²) in [6.45, 7) is 0.597. The molecule has 6 nitrogen and oxygen atoms in total. The number of nitrogens with one attached hydrogen (secondary N) is 1. The van der Waals surface area contributed by atoms with Gasteiger partial charge in [0.15, 0.2) is 9.84 Å². The molecule has 1 aromatic carbocycles. The smallest absolute Gasteiger partial charge is 0.317 e. The Balaban J connectivity index is 1.73. The van der Waals surface area contributed by atoms with Gasteiger partial charge in [0, 0.05) is 13.1 Å². The van der Waals surface area contributed by atoms with Gasteiger partial charge in [0.1, 0.15) is 12.4 Å². The molecule has 1 fully saturated rings. The molecular weight excluding hydrogens is 328 g/mol. The van der Waals surface area contributed by atoms with Gasteiger partial charge in [-0.1, -0.05) is 23.7 Å². The van der Waals surface area contributed by atoms with Gasteiger partial charge in [-0.25, -0.2) is 13.2 Å². The third-order valence-corrected chi connectivity index (χ3v) is 5.61. The second kappa shape index (κ2) is 7.19. The largest absolute Gasteiger partial charge is 0.490 e. The predicted octanol–water partition coefficient (Wildman–Crippen LogP) is 1.55. The summed E-state index contributed by atoms with van der Waals surface area (Å²) in [6.07, 6.45) is 0.488. The molecule has 1 aliphatic heterocycles. The van der Waals surface area contributed by atoms with E-state index in [0.717, 1.165) is 0 Å². The third kappa shape index (κ3) is 4.51. The van der Waals surface area contributed by atoms with Crippen molar-refractivity contribution in [2.45, 2.75) is 12.5 Å². The first kappa shape index (κ1) is 16.9. The number of rotatable bonds is 5. The molecule has 0 aliphatic carbocycles. The lowest BCUT2D eigenvalue weighted by molar-refractivity contribution is 0.192. The maximum absolute atomic E-state index is 12.0. The lowest BCUT2D eigenvalue weighted by atomic mass is 10.2. The Labute approximate surface area is 135 Å². The zero-order chi connectivity index (χ0) is 16.2. The van der Waals surface area contributed by atoms with Gasteiger partial charge in [-0.05, 0) is 18.6 Å². The van der Waals surface area contributed by atoms with Crippen LogP contribution in [-0.2, 0) is 9.84 Å². The van der Waals surface area contributed by atoms with Crippen LogP contribution in [-0.4, -0.2) is 57.1 Å². The summed E-state index contributed by atoms with van der Waals surface area (Å²) in [5.74, 6) is 0.742. The molecule has 1 saturated heterocycles. The second-order valence-electron chi connectivity index (χ2n) is 5.18. The van der Waals surface area contributed by atoms with Gasteiger partial charge in [-0.3, -0.25) is 0 Å². The van der Waals surface area contributed by atoms with Crippen molar-refractivity contribution in [2.75, 3.05) is 31.7 Å². The Morgan fingerprint density at radius 3 is 2.82 bits per heavy atom. The first-order valence-electron chi connectivity index (χ1n) is 6.97. The second-order valence-corrected chi connectivity index (χ2v) is 7.81. The molecule has 22 heavy (non-hydrogen) atoms. The van der Waals surface area contributed by atoms with E-state index in [4.69, 9.17) is 16.3 Å². The van der Waals surface area contributed by atoms with Gasteiger partial charge in [0.2, 0.25) is 0 Å². The Hall–Kier alpha value is -1.47. The van der Waals surface area contributed by atoms with Crippen molar-refractivity contribution in [1.82, 2.24) is 10.2 Å². The average Bonchev–Trinajstić information content (AvgIpc) is 2.84. The summed E-state index contributed by atoms with van der Waals surface area (Å²) in [4.78, 5) is 13.4. The fraction of sp³-hybridized carbons (Fsp3) is 0.500. The van der Waals surface area contributed by atoms with Crippen LogP contribution in [0.3, 0.4) is 0 Å². The van der Waals surface area contributed by atoms with E-state index in [2.05, 4.69) is 5.32 Å². The number of benzene rings is 1. The molecule has 8 heteroatoms. The van der Waals surface area contributed by atoms with Crippen molar-refractivity contribution in [3.05, 3.63) is 29.3 Å². The molecule has 0 spiro atoms. The third-order valence-electron chi connectivity index (χ3n) is 3.55. The standard InChI is InChI=1S/C14H19ClN2O4S/c1-17(11-6-9-22(19,20)10-11)14(18)16-7-8-21-13-5-3-2-4-12(13)15/h2-5,11H,6-10H2,1H3,(H,16,18). The van der Waals surface area contributed by atoms with Gasteiger partial charge < -0.3 is 15.0 Å². The summed E-state index contributed by atoms with van der Waals surface area (Å²) in [7, 11) is -1.39. The normalized spacial score (nSPS) is 19.6. The lowest BCUT2D eigenvalue weighted by Crippen LogP contribution is -2.45. The van der Waals surface area contributed by atoms with Crippen LogP contribution in [0.2, 0.25) is 5.02 Å². The van der Waals surface area contributed by atoms with Gasteiger partial charge in [0.25, 0.3) is 0 Å². The molecular formula is C14H19ClN2O4S. The first-order valence-corrected chi connectivity index (χ1v) is 9.17. The van der Waals surface area contributed by atoms with Crippen molar-refractivity contribution in [2.24, 2.45) is 0 Å². The number of ether oxygens (including phenoxy) is 1. The molecule has 1 atom stereocenters. The highest BCUT2D eigenvalue weighted by atomic mass is 35.5. The van der Waals surface area contributed by atoms with Gasteiger partial charge >= 0.3 is 6.03 Å². The van der Waals surface area contributed by atoms with Crippen molar-refractivity contribution < 1.29 is 17.9 Å². The van der Waals surface area contributed by atoms with E-state index in [0.29, 0.717) is 23.7 Å². The monoisotopic (exact) mass is 346 g/mol. The zero-order valence-electron chi connectivity index (χ0n) is 12.3. The number of sulfone groups is 1. The minimum atomic E-state index is -3.00. The van der Waals surface area contributed by atoms with Gasteiger partial charge in [-0.15, -0.1) is 0 Å². The summed E-state index contributed by atoms with van der Waals surface area (Å²) >= 11 is 5.95. The number of urea groups is 1. The molecule has 1 aliphatic rings. The Morgan fingerprint density at radius 1 is 1.45 bits per heavy atom. The fourth-order valence-corrected chi connectivity index (χ4v) is 4.22. The fourth-order valence-electron chi connectivity index (χ4n) is 2.25. The highest BCUT2D eigenvalue weighted by Gasteiger charge is 2.32. The molecule has 2 rings (SSSR count).